The topological polar surface area (TPSA) is 54.7 Å². The van der Waals surface area contributed by atoms with E-state index in [1.807, 2.05) is 6.92 Å². The Balaban J connectivity index is 0.00000243. The van der Waals surface area contributed by atoms with Crippen LogP contribution in [0, 0.1) is 25.2 Å². The molecule has 0 amide bonds. The van der Waals surface area contributed by atoms with Crippen LogP contribution in [0.5, 0.6) is 0 Å². The van der Waals surface area contributed by atoms with Gasteiger partial charge in [-0.25, -0.2) is 0 Å². The molecule has 3 heterocycles. The third-order valence-corrected chi connectivity index (χ3v) is 5.40. The fourth-order valence-corrected chi connectivity index (χ4v) is 3.97. The highest BCUT2D eigenvalue weighted by Crippen LogP contribution is 2.38. The van der Waals surface area contributed by atoms with Gasteiger partial charge in [-0.05, 0) is 45.6 Å². The normalized spacial score (nSPS) is 24.2. The molecule has 1 spiro atoms. The molecular formula is C19H34IN5O. The van der Waals surface area contributed by atoms with Crippen molar-refractivity contribution in [2.45, 2.75) is 47.1 Å². The smallest absolute Gasteiger partial charge is 0.193 e. The summed E-state index contributed by atoms with van der Waals surface area (Å²) >= 11 is 0. The molecule has 0 saturated carbocycles. The van der Waals surface area contributed by atoms with E-state index in [4.69, 9.17) is 9.73 Å². The maximum atomic E-state index is 5.65. The molecule has 2 saturated heterocycles. The van der Waals surface area contributed by atoms with Crippen molar-refractivity contribution < 1.29 is 4.74 Å². The van der Waals surface area contributed by atoms with Crippen LogP contribution in [0.1, 0.15) is 38.1 Å². The lowest BCUT2D eigenvalue weighted by Gasteiger charge is -2.25. The predicted molar refractivity (Wildman–Crippen MR) is 116 cm³/mol. The summed E-state index contributed by atoms with van der Waals surface area (Å²) in [6.45, 7) is 15.2. The van der Waals surface area contributed by atoms with Crippen LogP contribution in [0.2, 0.25) is 0 Å². The Labute approximate surface area is 174 Å². The SMILES string of the molecule is CCNC(=NCC(C)Cn1nc(C)cc1C)N1CCC2(CCOC2)C1.I. The van der Waals surface area contributed by atoms with Crippen molar-refractivity contribution in [2.75, 3.05) is 39.4 Å². The first-order valence-corrected chi connectivity index (χ1v) is 9.63. The molecule has 26 heavy (non-hydrogen) atoms. The number of rotatable bonds is 5. The van der Waals surface area contributed by atoms with Crippen LogP contribution in [0.25, 0.3) is 0 Å². The summed E-state index contributed by atoms with van der Waals surface area (Å²) in [5.41, 5.74) is 2.68. The van der Waals surface area contributed by atoms with Crippen LogP contribution in [0.3, 0.4) is 0 Å². The zero-order valence-electron chi connectivity index (χ0n) is 16.6. The number of hydrogen-bond donors (Lipinski definition) is 1. The van der Waals surface area contributed by atoms with Crippen molar-refractivity contribution in [3.8, 4) is 0 Å². The Kier molecular flexibility index (Phi) is 7.76. The highest BCUT2D eigenvalue weighted by atomic mass is 127. The van der Waals surface area contributed by atoms with Gasteiger partial charge in [0.1, 0.15) is 0 Å². The van der Waals surface area contributed by atoms with Crippen LogP contribution >= 0.6 is 24.0 Å². The molecule has 1 N–H and O–H groups in total. The third-order valence-electron chi connectivity index (χ3n) is 5.40. The summed E-state index contributed by atoms with van der Waals surface area (Å²) in [4.78, 5) is 7.36. The van der Waals surface area contributed by atoms with Gasteiger partial charge in [0.15, 0.2) is 5.96 Å². The largest absolute Gasteiger partial charge is 0.381 e. The molecule has 0 bridgehead atoms. The van der Waals surface area contributed by atoms with Gasteiger partial charge in [0.2, 0.25) is 0 Å². The average Bonchev–Trinajstić information content (AvgIpc) is 3.27. The van der Waals surface area contributed by atoms with E-state index in [1.54, 1.807) is 0 Å². The number of hydrogen-bond acceptors (Lipinski definition) is 3. The maximum absolute atomic E-state index is 5.65. The quantitative estimate of drug-likeness (QED) is 0.405. The zero-order chi connectivity index (χ0) is 17.9. The molecule has 7 heteroatoms. The van der Waals surface area contributed by atoms with Crippen molar-refractivity contribution in [2.24, 2.45) is 16.3 Å². The van der Waals surface area contributed by atoms with Crippen LogP contribution in [0.15, 0.2) is 11.1 Å². The Hall–Kier alpha value is -0.830. The number of halogens is 1. The molecule has 3 rings (SSSR count). The Morgan fingerprint density at radius 1 is 1.42 bits per heavy atom. The summed E-state index contributed by atoms with van der Waals surface area (Å²) in [6, 6.07) is 2.13. The summed E-state index contributed by atoms with van der Waals surface area (Å²) in [5, 5.41) is 8.05. The Morgan fingerprint density at radius 3 is 2.85 bits per heavy atom. The number of aromatic nitrogens is 2. The van der Waals surface area contributed by atoms with Gasteiger partial charge in [0.05, 0.1) is 12.3 Å². The second-order valence-electron chi connectivity index (χ2n) is 7.88. The average molecular weight is 475 g/mol. The van der Waals surface area contributed by atoms with Crippen LogP contribution in [-0.4, -0.2) is 60.0 Å². The first kappa shape index (κ1) is 21.5. The first-order chi connectivity index (χ1) is 12.0. The number of aryl methyl sites for hydroxylation is 2. The molecule has 148 valence electrons. The molecule has 0 aromatic carbocycles. The minimum absolute atomic E-state index is 0. The van der Waals surface area contributed by atoms with Gasteiger partial charge < -0.3 is 15.0 Å². The van der Waals surface area contributed by atoms with Gasteiger partial charge in [-0.15, -0.1) is 24.0 Å². The monoisotopic (exact) mass is 475 g/mol. The van der Waals surface area contributed by atoms with Gasteiger partial charge in [0, 0.05) is 50.4 Å². The van der Waals surface area contributed by atoms with E-state index in [-0.39, 0.29) is 24.0 Å². The molecule has 0 aliphatic carbocycles. The van der Waals surface area contributed by atoms with Crippen LogP contribution in [0.4, 0.5) is 0 Å². The molecule has 2 fully saturated rings. The van der Waals surface area contributed by atoms with Gasteiger partial charge in [-0.2, -0.15) is 5.10 Å². The molecular weight excluding hydrogens is 441 g/mol. The van der Waals surface area contributed by atoms with Gasteiger partial charge in [-0.3, -0.25) is 9.67 Å². The van der Waals surface area contributed by atoms with Crippen molar-refractivity contribution in [3.05, 3.63) is 17.5 Å². The lowest BCUT2D eigenvalue weighted by Crippen LogP contribution is -2.41. The van der Waals surface area contributed by atoms with Gasteiger partial charge in [0.25, 0.3) is 0 Å². The van der Waals surface area contributed by atoms with E-state index in [2.05, 4.69) is 46.8 Å². The molecule has 1 aromatic heterocycles. The second kappa shape index (κ2) is 9.39. The van der Waals surface area contributed by atoms with E-state index in [9.17, 15) is 0 Å². The Bertz CT molecular complexity index is 609. The van der Waals surface area contributed by atoms with Crippen molar-refractivity contribution in [3.63, 3.8) is 0 Å². The fourth-order valence-electron chi connectivity index (χ4n) is 3.97. The van der Waals surface area contributed by atoms with Crippen LogP contribution < -0.4 is 5.32 Å². The lowest BCUT2D eigenvalue weighted by atomic mass is 9.87. The number of aliphatic imine (C=N–C) groups is 1. The molecule has 2 atom stereocenters. The van der Waals surface area contributed by atoms with E-state index in [1.165, 1.54) is 18.5 Å². The van der Waals surface area contributed by atoms with E-state index < -0.39 is 0 Å². The third kappa shape index (κ3) is 5.12. The van der Waals surface area contributed by atoms with E-state index in [0.717, 1.165) is 57.6 Å². The summed E-state index contributed by atoms with van der Waals surface area (Å²) in [5.74, 6) is 1.52. The minimum Gasteiger partial charge on any atom is -0.381 e. The van der Waals surface area contributed by atoms with Crippen molar-refractivity contribution in [1.82, 2.24) is 20.0 Å². The molecule has 1 aromatic rings. The highest BCUT2D eigenvalue weighted by Gasteiger charge is 2.42. The zero-order valence-corrected chi connectivity index (χ0v) is 19.0. The van der Waals surface area contributed by atoms with Gasteiger partial charge >= 0.3 is 0 Å². The van der Waals surface area contributed by atoms with Crippen LogP contribution in [-0.2, 0) is 11.3 Å². The van der Waals surface area contributed by atoms with Gasteiger partial charge in [-0.1, -0.05) is 6.92 Å². The number of ether oxygens (including phenoxy) is 1. The number of nitrogens with one attached hydrogen (secondary N) is 1. The molecule has 0 radical (unpaired) electrons. The molecule has 6 nitrogen and oxygen atoms in total. The number of nitrogens with zero attached hydrogens (tertiary/aromatic N) is 4. The fraction of sp³-hybridized carbons (Fsp3) is 0.789. The predicted octanol–water partition coefficient (Wildman–Crippen LogP) is 2.83. The van der Waals surface area contributed by atoms with E-state index >= 15 is 0 Å². The molecule has 2 unspecified atom stereocenters. The summed E-state index contributed by atoms with van der Waals surface area (Å²) in [6.07, 6.45) is 2.41. The summed E-state index contributed by atoms with van der Waals surface area (Å²) < 4.78 is 7.75. The molecule has 2 aliphatic heterocycles. The minimum atomic E-state index is 0. The van der Waals surface area contributed by atoms with Crippen molar-refractivity contribution in [1.29, 1.82) is 0 Å². The highest BCUT2D eigenvalue weighted by molar-refractivity contribution is 14.0. The second-order valence-corrected chi connectivity index (χ2v) is 7.88. The molecule has 2 aliphatic rings. The van der Waals surface area contributed by atoms with E-state index in [0.29, 0.717) is 11.3 Å². The summed E-state index contributed by atoms with van der Waals surface area (Å²) in [7, 11) is 0. The first-order valence-electron chi connectivity index (χ1n) is 9.63. The van der Waals surface area contributed by atoms with Crippen molar-refractivity contribution >= 4 is 29.9 Å². The Morgan fingerprint density at radius 2 is 2.23 bits per heavy atom. The lowest BCUT2D eigenvalue weighted by molar-refractivity contribution is 0.156. The number of guanidine groups is 1. The standard InChI is InChI=1S/C19H33N5O.HI/c1-5-20-18(23-8-6-19(13-23)7-9-25-14-19)21-11-15(2)12-24-17(4)10-16(3)22-24;/h10,15H,5-9,11-14H2,1-4H3,(H,20,21);1H. The maximum Gasteiger partial charge on any atom is 0.193 e. The number of likely N-dealkylation sites (tertiary alicyclic amines) is 1.